The number of carbonyl (C=O) groups is 1. The van der Waals surface area contributed by atoms with Crippen LogP contribution in [-0.4, -0.2) is 15.7 Å². The maximum atomic E-state index is 13.7. The number of rotatable bonds is 5. The summed E-state index contributed by atoms with van der Waals surface area (Å²) in [6, 6.07) is 5.95. The lowest BCUT2D eigenvalue weighted by Gasteiger charge is -2.09. The number of amides is 1. The quantitative estimate of drug-likeness (QED) is 0.297. The van der Waals surface area contributed by atoms with Gasteiger partial charge in [0, 0.05) is 11.2 Å². The second-order valence-electron chi connectivity index (χ2n) is 5.49. The Hall–Kier alpha value is -2.66. The number of ether oxygens (including phenoxy) is 1. The third kappa shape index (κ3) is 4.35. The second kappa shape index (κ2) is 8.37. The van der Waals surface area contributed by atoms with Crippen LogP contribution in [0, 0.1) is 29.1 Å². The molecular weight excluding hydrogens is 489 g/mol. The molecule has 0 bridgehead atoms. The average Bonchev–Trinajstić information content (AvgIpc) is 3.16. The highest BCUT2D eigenvalue weighted by molar-refractivity contribution is 9.10. The van der Waals surface area contributed by atoms with Crippen molar-refractivity contribution in [3.05, 3.63) is 74.7 Å². The second-order valence-corrected chi connectivity index (χ2v) is 6.78. The molecule has 152 valence electrons. The molecule has 3 rings (SSSR count). The molecule has 0 aliphatic heterocycles. The van der Waals surface area contributed by atoms with E-state index >= 15 is 0 Å². The fourth-order valence-electron chi connectivity index (χ4n) is 2.17. The Morgan fingerprint density at radius 2 is 1.69 bits per heavy atom. The summed E-state index contributed by atoms with van der Waals surface area (Å²) in [5, 5.41) is 5.94. The molecule has 0 aliphatic carbocycles. The molecule has 5 nitrogen and oxygen atoms in total. The van der Waals surface area contributed by atoms with Crippen molar-refractivity contribution in [3.63, 3.8) is 0 Å². The minimum absolute atomic E-state index is 0.143. The topological polar surface area (TPSA) is 56.2 Å². The zero-order chi connectivity index (χ0) is 21.3. The fraction of sp³-hybridized carbons (Fsp3) is 0.0588. The molecule has 0 atom stereocenters. The molecule has 3 aromatic rings. The Morgan fingerprint density at radius 1 is 1.07 bits per heavy atom. The molecule has 0 saturated carbocycles. The van der Waals surface area contributed by atoms with E-state index in [1.54, 1.807) is 23.5 Å². The van der Waals surface area contributed by atoms with Crippen molar-refractivity contribution in [1.82, 2.24) is 9.78 Å². The SMILES string of the molecule is O=C(Nc1c(F)c(F)c(F)c(F)c1F)c1ccn(COc2ccc(Cl)cc2Br)n1. The van der Waals surface area contributed by atoms with Gasteiger partial charge in [0.05, 0.1) is 4.47 Å². The maximum absolute atomic E-state index is 13.7. The normalized spacial score (nSPS) is 10.9. The lowest BCUT2D eigenvalue weighted by Crippen LogP contribution is -2.18. The minimum Gasteiger partial charge on any atom is -0.470 e. The highest BCUT2D eigenvalue weighted by Gasteiger charge is 2.27. The number of anilines is 1. The van der Waals surface area contributed by atoms with Crippen molar-refractivity contribution >= 4 is 39.1 Å². The van der Waals surface area contributed by atoms with E-state index in [0.717, 1.165) is 0 Å². The van der Waals surface area contributed by atoms with Crippen LogP contribution in [0.5, 0.6) is 5.75 Å². The molecule has 1 heterocycles. The highest BCUT2D eigenvalue weighted by atomic mass is 79.9. The molecule has 0 radical (unpaired) electrons. The van der Waals surface area contributed by atoms with E-state index in [1.807, 2.05) is 0 Å². The van der Waals surface area contributed by atoms with E-state index in [-0.39, 0.29) is 12.4 Å². The van der Waals surface area contributed by atoms with Crippen molar-refractivity contribution in [2.75, 3.05) is 5.32 Å². The molecule has 0 saturated heterocycles. The van der Waals surface area contributed by atoms with Gasteiger partial charge in [-0.25, -0.2) is 26.6 Å². The summed E-state index contributed by atoms with van der Waals surface area (Å²) in [5.41, 5.74) is -1.81. The van der Waals surface area contributed by atoms with Gasteiger partial charge in [0.2, 0.25) is 5.82 Å². The predicted octanol–water partition coefficient (Wildman–Crippen LogP) is 5.28. The Labute approximate surface area is 173 Å². The molecule has 1 amide bonds. The number of hydrogen-bond acceptors (Lipinski definition) is 3. The maximum Gasteiger partial charge on any atom is 0.276 e. The van der Waals surface area contributed by atoms with E-state index in [0.29, 0.717) is 15.2 Å². The molecule has 0 unspecified atom stereocenters. The molecule has 2 aromatic carbocycles. The number of benzene rings is 2. The first kappa shape index (κ1) is 21.1. The van der Waals surface area contributed by atoms with Gasteiger partial charge in [0.25, 0.3) is 5.91 Å². The fourth-order valence-corrected chi connectivity index (χ4v) is 2.97. The van der Waals surface area contributed by atoms with Gasteiger partial charge < -0.3 is 10.1 Å². The summed E-state index contributed by atoms with van der Waals surface area (Å²) >= 11 is 9.07. The largest absolute Gasteiger partial charge is 0.470 e. The van der Waals surface area contributed by atoms with E-state index in [1.165, 1.54) is 16.9 Å². The van der Waals surface area contributed by atoms with Gasteiger partial charge in [0.15, 0.2) is 35.7 Å². The molecule has 12 heteroatoms. The van der Waals surface area contributed by atoms with E-state index in [4.69, 9.17) is 16.3 Å². The van der Waals surface area contributed by atoms with Gasteiger partial charge in [-0.15, -0.1) is 0 Å². The average molecular weight is 497 g/mol. The summed E-state index contributed by atoms with van der Waals surface area (Å²) in [6.45, 7) is -0.143. The zero-order valence-electron chi connectivity index (χ0n) is 14.0. The molecular formula is C17H8BrClF5N3O2. The smallest absolute Gasteiger partial charge is 0.276 e. The van der Waals surface area contributed by atoms with E-state index in [9.17, 15) is 26.7 Å². The molecule has 1 N–H and O–H groups in total. The first-order valence-electron chi connectivity index (χ1n) is 7.63. The number of nitrogens with one attached hydrogen (secondary N) is 1. The molecule has 0 aliphatic rings. The Balaban J connectivity index is 1.73. The molecule has 1 aromatic heterocycles. The Kier molecular flexibility index (Phi) is 6.08. The summed E-state index contributed by atoms with van der Waals surface area (Å²) in [7, 11) is 0. The van der Waals surface area contributed by atoms with Crippen molar-refractivity contribution in [2.24, 2.45) is 0 Å². The van der Waals surface area contributed by atoms with Crippen LogP contribution in [0.15, 0.2) is 34.9 Å². The van der Waals surface area contributed by atoms with Crippen LogP contribution in [0.2, 0.25) is 5.02 Å². The van der Waals surface area contributed by atoms with Gasteiger partial charge in [0.1, 0.15) is 11.4 Å². The standard InChI is InChI=1S/C17H8BrClF5N3O2/c18-8-5-7(19)1-2-10(8)29-6-27-4-3-9(26-27)17(28)25-16-14(23)12(21)11(20)13(22)15(16)24/h1-5H,6H2,(H,25,28). The molecule has 29 heavy (non-hydrogen) atoms. The lowest BCUT2D eigenvalue weighted by atomic mass is 10.2. The number of aromatic nitrogens is 2. The number of nitrogens with zero attached hydrogens (tertiary/aromatic N) is 2. The van der Waals surface area contributed by atoms with Gasteiger partial charge in [-0.2, -0.15) is 5.10 Å². The first-order valence-corrected chi connectivity index (χ1v) is 8.80. The molecule has 0 spiro atoms. The van der Waals surface area contributed by atoms with E-state index in [2.05, 4.69) is 21.0 Å². The van der Waals surface area contributed by atoms with Crippen molar-refractivity contribution in [2.45, 2.75) is 6.73 Å². The van der Waals surface area contributed by atoms with Crippen molar-refractivity contribution in [3.8, 4) is 5.75 Å². The lowest BCUT2D eigenvalue weighted by molar-refractivity contribution is 0.101. The molecule has 0 fully saturated rings. The number of hydrogen-bond donors (Lipinski definition) is 1. The first-order chi connectivity index (χ1) is 13.7. The zero-order valence-corrected chi connectivity index (χ0v) is 16.3. The van der Waals surface area contributed by atoms with Crippen LogP contribution in [0.25, 0.3) is 0 Å². The highest BCUT2D eigenvalue weighted by Crippen LogP contribution is 2.29. The Bertz CT molecular complexity index is 1080. The van der Waals surface area contributed by atoms with Crippen LogP contribution >= 0.6 is 27.5 Å². The third-order valence-electron chi connectivity index (χ3n) is 3.57. The van der Waals surface area contributed by atoms with Crippen LogP contribution in [0.4, 0.5) is 27.6 Å². The summed E-state index contributed by atoms with van der Waals surface area (Å²) < 4.78 is 74.0. The third-order valence-corrected chi connectivity index (χ3v) is 4.42. The van der Waals surface area contributed by atoms with Crippen LogP contribution in [0.1, 0.15) is 10.5 Å². The van der Waals surface area contributed by atoms with Crippen molar-refractivity contribution in [1.29, 1.82) is 0 Å². The summed E-state index contributed by atoms with van der Waals surface area (Å²) in [4.78, 5) is 12.1. The van der Waals surface area contributed by atoms with Gasteiger partial charge in [-0.1, -0.05) is 11.6 Å². The Morgan fingerprint density at radius 3 is 2.31 bits per heavy atom. The number of carbonyl (C=O) groups excluding carboxylic acids is 1. The van der Waals surface area contributed by atoms with Gasteiger partial charge in [-0.3, -0.25) is 4.79 Å². The monoisotopic (exact) mass is 495 g/mol. The predicted molar refractivity (Wildman–Crippen MR) is 96.2 cm³/mol. The van der Waals surface area contributed by atoms with Gasteiger partial charge in [-0.05, 0) is 40.2 Å². The summed E-state index contributed by atoms with van der Waals surface area (Å²) in [6.07, 6.45) is 1.32. The van der Waals surface area contributed by atoms with Crippen LogP contribution < -0.4 is 10.1 Å². The number of halogens is 7. The van der Waals surface area contributed by atoms with Crippen molar-refractivity contribution < 1.29 is 31.5 Å². The van der Waals surface area contributed by atoms with E-state index < -0.39 is 40.7 Å². The van der Waals surface area contributed by atoms with Gasteiger partial charge >= 0.3 is 0 Å². The summed E-state index contributed by atoms with van der Waals surface area (Å²) in [5.74, 6) is -11.8. The van der Waals surface area contributed by atoms with Crippen LogP contribution in [-0.2, 0) is 6.73 Å². The minimum atomic E-state index is -2.33. The van der Waals surface area contributed by atoms with Crippen LogP contribution in [0.3, 0.4) is 0 Å².